The van der Waals surface area contributed by atoms with E-state index in [1.807, 2.05) is 6.92 Å². The van der Waals surface area contributed by atoms with Crippen molar-refractivity contribution >= 4 is 15.7 Å². The van der Waals surface area contributed by atoms with Gasteiger partial charge >= 0.3 is 0 Å². The van der Waals surface area contributed by atoms with Gasteiger partial charge in [0, 0.05) is 5.71 Å². The summed E-state index contributed by atoms with van der Waals surface area (Å²) in [5.74, 6) is 2.63. The quantitative estimate of drug-likeness (QED) is 0.732. The minimum Gasteiger partial charge on any atom is -0.200 e. The van der Waals surface area contributed by atoms with Crippen LogP contribution in [0.2, 0.25) is 0 Å². The second-order valence-corrected chi connectivity index (χ2v) is 9.77. The maximum Gasteiger partial charge on any atom is 0.276 e. The number of benzene rings is 1. The number of nitrogens with one attached hydrogen (secondary N) is 1. The van der Waals surface area contributed by atoms with Crippen LogP contribution in [0.1, 0.15) is 70.3 Å². The molecular formula is C21H32N2O2S. The average Bonchev–Trinajstić information content (AvgIpc) is 2.67. The molecule has 26 heavy (non-hydrogen) atoms. The molecule has 2 aliphatic rings. The maximum atomic E-state index is 12.3. The first-order valence-electron chi connectivity index (χ1n) is 10.1. The zero-order valence-corrected chi connectivity index (χ0v) is 16.9. The number of aryl methyl sites for hydroxylation is 1. The molecule has 0 spiro atoms. The summed E-state index contributed by atoms with van der Waals surface area (Å²) in [6, 6.07) is 6.86. The molecule has 0 bridgehead atoms. The Labute approximate surface area is 158 Å². The van der Waals surface area contributed by atoms with Crippen molar-refractivity contribution in [1.29, 1.82) is 0 Å². The Hall–Kier alpha value is -1.36. The van der Waals surface area contributed by atoms with E-state index in [-0.39, 0.29) is 4.90 Å². The highest BCUT2D eigenvalue weighted by molar-refractivity contribution is 7.89. The lowest BCUT2D eigenvalue weighted by Gasteiger charge is -2.35. The zero-order valence-electron chi connectivity index (χ0n) is 16.1. The Balaban J connectivity index is 1.51. The van der Waals surface area contributed by atoms with Gasteiger partial charge in [0.25, 0.3) is 10.0 Å². The highest BCUT2D eigenvalue weighted by atomic mass is 32.2. The Bertz CT molecular complexity index is 707. The largest absolute Gasteiger partial charge is 0.276 e. The fourth-order valence-corrected chi connectivity index (χ4v) is 5.37. The van der Waals surface area contributed by atoms with Gasteiger partial charge in [-0.05, 0) is 75.3 Å². The van der Waals surface area contributed by atoms with Crippen molar-refractivity contribution in [2.75, 3.05) is 0 Å². The molecule has 0 aliphatic heterocycles. The summed E-state index contributed by atoms with van der Waals surface area (Å²) in [7, 11) is -3.56. The highest BCUT2D eigenvalue weighted by Gasteiger charge is 2.29. The molecule has 2 saturated carbocycles. The third-order valence-corrected chi connectivity index (χ3v) is 7.62. The molecule has 3 rings (SSSR count). The van der Waals surface area contributed by atoms with E-state index in [9.17, 15) is 8.42 Å². The van der Waals surface area contributed by atoms with Crippen molar-refractivity contribution in [2.24, 2.45) is 22.9 Å². The van der Waals surface area contributed by atoms with Crippen LogP contribution in [0, 0.1) is 24.7 Å². The highest BCUT2D eigenvalue weighted by Crippen LogP contribution is 2.40. The van der Waals surface area contributed by atoms with Crippen LogP contribution in [0.25, 0.3) is 0 Å². The first-order chi connectivity index (χ1) is 12.5. The van der Waals surface area contributed by atoms with Crippen molar-refractivity contribution in [3.8, 4) is 0 Å². The molecule has 2 aliphatic carbocycles. The molecule has 0 aromatic heterocycles. The summed E-state index contributed by atoms with van der Waals surface area (Å²) in [4.78, 5) is 2.70. The van der Waals surface area contributed by atoms with Crippen LogP contribution in [0.4, 0.5) is 0 Å². The van der Waals surface area contributed by atoms with Crippen LogP contribution in [0.3, 0.4) is 0 Å². The molecule has 1 N–H and O–H groups in total. The van der Waals surface area contributed by atoms with Crippen molar-refractivity contribution in [1.82, 2.24) is 4.83 Å². The number of nitrogens with zero attached hydrogens (tertiary/aromatic N) is 1. The van der Waals surface area contributed by atoms with E-state index in [1.165, 1.54) is 32.1 Å². The third kappa shape index (κ3) is 4.87. The number of hydrogen-bond donors (Lipinski definition) is 1. The van der Waals surface area contributed by atoms with Gasteiger partial charge in [0.15, 0.2) is 0 Å². The monoisotopic (exact) mass is 376 g/mol. The molecule has 1 aromatic rings. The van der Waals surface area contributed by atoms with Crippen molar-refractivity contribution < 1.29 is 8.42 Å². The van der Waals surface area contributed by atoms with Crippen LogP contribution in [-0.4, -0.2) is 14.1 Å². The molecule has 0 radical (unpaired) electrons. The van der Waals surface area contributed by atoms with Crippen LogP contribution < -0.4 is 4.83 Å². The van der Waals surface area contributed by atoms with E-state index >= 15 is 0 Å². The summed E-state index contributed by atoms with van der Waals surface area (Å²) in [5.41, 5.74) is 2.04. The SMILES string of the molecule is CCC1CCC(C2CCC(=NNS(=O)(=O)c3ccc(C)cc3)CC2)CC1. The fraction of sp³-hybridized carbons (Fsp3) is 0.667. The lowest BCUT2D eigenvalue weighted by atomic mass is 9.70. The van der Waals surface area contributed by atoms with Gasteiger partial charge in [-0.2, -0.15) is 13.5 Å². The predicted octanol–water partition coefficient (Wildman–Crippen LogP) is 5.04. The van der Waals surface area contributed by atoms with Gasteiger partial charge in [0.05, 0.1) is 4.90 Å². The molecule has 0 heterocycles. The van der Waals surface area contributed by atoms with Gasteiger partial charge in [-0.25, -0.2) is 4.83 Å². The van der Waals surface area contributed by atoms with Crippen LogP contribution in [0.5, 0.6) is 0 Å². The zero-order chi connectivity index (χ0) is 18.6. The topological polar surface area (TPSA) is 58.5 Å². The van der Waals surface area contributed by atoms with Gasteiger partial charge in [0.1, 0.15) is 0 Å². The summed E-state index contributed by atoms with van der Waals surface area (Å²) in [5, 5.41) is 4.24. The minimum atomic E-state index is -3.56. The summed E-state index contributed by atoms with van der Waals surface area (Å²) in [6.07, 6.45) is 11.1. The molecule has 0 amide bonds. The Kier molecular flexibility index (Phi) is 6.38. The van der Waals surface area contributed by atoms with Gasteiger partial charge in [-0.1, -0.05) is 43.9 Å². The molecule has 0 saturated heterocycles. The van der Waals surface area contributed by atoms with E-state index < -0.39 is 10.0 Å². The Morgan fingerprint density at radius 3 is 2.12 bits per heavy atom. The van der Waals surface area contributed by atoms with Crippen molar-refractivity contribution in [2.45, 2.75) is 76.5 Å². The normalized spacial score (nSPS) is 27.2. The summed E-state index contributed by atoms with van der Waals surface area (Å²) < 4.78 is 24.7. The van der Waals surface area contributed by atoms with Gasteiger partial charge in [-0.3, -0.25) is 0 Å². The van der Waals surface area contributed by atoms with E-state index in [4.69, 9.17) is 0 Å². The number of hydrogen-bond acceptors (Lipinski definition) is 3. The van der Waals surface area contributed by atoms with Gasteiger partial charge in [-0.15, -0.1) is 0 Å². The average molecular weight is 377 g/mol. The minimum absolute atomic E-state index is 0.272. The van der Waals surface area contributed by atoms with E-state index in [0.29, 0.717) is 0 Å². The molecule has 1 aromatic carbocycles. The molecule has 0 unspecified atom stereocenters. The number of hydrazone groups is 1. The number of rotatable bonds is 5. The van der Waals surface area contributed by atoms with E-state index in [2.05, 4.69) is 16.9 Å². The maximum absolute atomic E-state index is 12.3. The first kappa shape index (κ1) is 19.4. The standard InChI is InChI=1S/C21H32N2O2S/c1-3-17-6-8-18(9-7-17)19-10-12-20(13-11-19)22-23-26(24,25)21-14-4-16(2)5-15-21/h4-5,14-15,17-19,23H,3,6-13H2,1-2H3. The van der Waals surface area contributed by atoms with Crippen molar-refractivity contribution in [3.63, 3.8) is 0 Å². The number of sulfonamides is 1. The van der Waals surface area contributed by atoms with Crippen LogP contribution in [-0.2, 0) is 10.0 Å². The lowest BCUT2D eigenvalue weighted by Crippen LogP contribution is -2.27. The smallest absolute Gasteiger partial charge is 0.200 e. The molecule has 0 atom stereocenters. The van der Waals surface area contributed by atoms with Crippen LogP contribution >= 0.6 is 0 Å². The molecular weight excluding hydrogens is 344 g/mol. The predicted molar refractivity (Wildman–Crippen MR) is 107 cm³/mol. The Morgan fingerprint density at radius 1 is 0.962 bits per heavy atom. The second-order valence-electron chi connectivity index (χ2n) is 8.11. The van der Waals surface area contributed by atoms with Gasteiger partial charge < -0.3 is 0 Å². The first-order valence-corrected chi connectivity index (χ1v) is 11.6. The van der Waals surface area contributed by atoms with Crippen LogP contribution in [0.15, 0.2) is 34.3 Å². The fourth-order valence-electron chi connectivity index (χ4n) is 4.52. The molecule has 2 fully saturated rings. The summed E-state index contributed by atoms with van der Waals surface area (Å²) in [6.45, 7) is 4.25. The second kappa shape index (κ2) is 8.55. The molecule has 5 heteroatoms. The van der Waals surface area contributed by atoms with E-state index in [1.54, 1.807) is 24.3 Å². The van der Waals surface area contributed by atoms with Crippen molar-refractivity contribution in [3.05, 3.63) is 29.8 Å². The van der Waals surface area contributed by atoms with Gasteiger partial charge in [0.2, 0.25) is 0 Å². The third-order valence-electron chi connectivity index (χ3n) is 6.40. The Morgan fingerprint density at radius 2 is 1.54 bits per heavy atom. The van der Waals surface area contributed by atoms with E-state index in [0.717, 1.165) is 54.7 Å². The summed E-state index contributed by atoms with van der Waals surface area (Å²) >= 11 is 0. The lowest BCUT2D eigenvalue weighted by molar-refractivity contribution is 0.183. The molecule has 4 nitrogen and oxygen atoms in total. The molecule has 144 valence electrons.